The number of likely N-dealkylation sites (tertiary alicyclic amines) is 1. The Hall–Kier alpha value is -2.38. The van der Waals surface area contributed by atoms with E-state index in [1.807, 2.05) is 0 Å². The number of carbonyl (C=O) groups is 1. The maximum Gasteiger partial charge on any atom is 0.407 e. The number of nitro groups is 1. The second-order valence-corrected chi connectivity index (χ2v) is 4.20. The smallest absolute Gasteiger partial charge is 0.407 e. The van der Waals surface area contributed by atoms with Gasteiger partial charge in [0.15, 0.2) is 0 Å². The summed E-state index contributed by atoms with van der Waals surface area (Å²) in [4.78, 5) is 25.9. The molecule has 1 amide bonds. The molecule has 1 N–H and O–H groups in total. The van der Waals surface area contributed by atoms with Gasteiger partial charge in [-0.1, -0.05) is 0 Å². The Bertz CT molecular complexity index is 468. The molecule has 0 radical (unpaired) electrons. The minimum Gasteiger partial charge on any atom is -0.474 e. The summed E-state index contributed by atoms with van der Waals surface area (Å²) >= 11 is 0. The van der Waals surface area contributed by atoms with Crippen molar-refractivity contribution in [2.24, 2.45) is 0 Å². The summed E-state index contributed by atoms with van der Waals surface area (Å²) in [6, 6.07) is 2.77. The minimum absolute atomic E-state index is 0.0898. The third-order valence-corrected chi connectivity index (χ3v) is 2.93. The molecule has 1 aliphatic rings. The monoisotopic (exact) mass is 267 g/mol. The number of piperidine rings is 1. The predicted molar refractivity (Wildman–Crippen MR) is 64.1 cm³/mol. The summed E-state index contributed by atoms with van der Waals surface area (Å²) in [5.41, 5.74) is -0.0898. The molecule has 2 heterocycles. The lowest BCUT2D eigenvalue weighted by molar-refractivity contribution is -0.385. The van der Waals surface area contributed by atoms with Crippen LogP contribution in [-0.2, 0) is 0 Å². The minimum atomic E-state index is -0.924. The molecule has 0 aliphatic carbocycles. The Morgan fingerprint density at radius 1 is 1.47 bits per heavy atom. The van der Waals surface area contributed by atoms with E-state index in [0.29, 0.717) is 31.8 Å². The zero-order valence-electron chi connectivity index (χ0n) is 10.1. The van der Waals surface area contributed by atoms with Crippen molar-refractivity contribution in [2.75, 3.05) is 13.1 Å². The van der Waals surface area contributed by atoms with Gasteiger partial charge in [0.25, 0.3) is 5.69 Å². The van der Waals surface area contributed by atoms with Gasteiger partial charge in [0.2, 0.25) is 5.88 Å². The van der Waals surface area contributed by atoms with E-state index in [9.17, 15) is 14.9 Å². The van der Waals surface area contributed by atoms with Gasteiger partial charge >= 0.3 is 6.09 Å². The maximum atomic E-state index is 10.7. The highest BCUT2D eigenvalue weighted by Gasteiger charge is 2.23. The number of hydrogen-bond donors (Lipinski definition) is 1. The van der Waals surface area contributed by atoms with E-state index in [-0.39, 0.29) is 11.8 Å². The Labute approximate surface area is 108 Å². The summed E-state index contributed by atoms with van der Waals surface area (Å²) in [5.74, 6) is 0.319. The topological polar surface area (TPSA) is 106 Å². The summed E-state index contributed by atoms with van der Waals surface area (Å²) in [6.07, 6.45) is 1.29. The van der Waals surface area contributed by atoms with Crippen molar-refractivity contribution in [1.29, 1.82) is 0 Å². The first-order valence-electron chi connectivity index (χ1n) is 5.81. The number of carboxylic acid groups (broad SMARTS) is 1. The molecule has 1 saturated heterocycles. The lowest BCUT2D eigenvalue weighted by atomic mass is 10.1. The molecule has 0 atom stereocenters. The Balaban J connectivity index is 1.88. The molecule has 1 aromatic rings. The van der Waals surface area contributed by atoms with Gasteiger partial charge in [-0.15, -0.1) is 0 Å². The van der Waals surface area contributed by atoms with Crippen LogP contribution in [0.3, 0.4) is 0 Å². The summed E-state index contributed by atoms with van der Waals surface area (Å²) in [7, 11) is 0. The molecule has 0 spiro atoms. The molecule has 19 heavy (non-hydrogen) atoms. The van der Waals surface area contributed by atoms with Crippen molar-refractivity contribution < 1.29 is 19.6 Å². The first-order valence-corrected chi connectivity index (χ1v) is 5.81. The van der Waals surface area contributed by atoms with Crippen LogP contribution in [0, 0.1) is 10.1 Å². The SMILES string of the molecule is O=C(O)N1CCC(Oc2ccc([N+](=O)[O-])cn2)CC1. The number of aromatic nitrogens is 1. The molecule has 1 fully saturated rings. The van der Waals surface area contributed by atoms with Crippen molar-refractivity contribution in [1.82, 2.24) is 9.88 Å². The normalized spacial score (nSPS) is 16.1. The highest BCUT2D eigenvalue weighted by atomic mass is 16.6. The molecule has 2 rings (SSSR count). The zero-order valence-corrected chi connectivity index (χ0v) is 10.1. The Morgan fingerprint density at radius 2 is 2.16 bits per heavy atom. The predicted octanol–water partition coefficient (Wildman–Crippen LogP) is 1.51. The lowest BCUT2D eigenvalue weighted by Gasteiger charge is -2.29. The van der Waals surface area contributed by atoms with Crippen LogP contribution >= 0.6 is 0 Å². The highest BCUT2D eigenvalue weighted by molar-refractivity contribution is 5.65. The maximum absolute atomic E-state index is 10.7. The third-order valence-electron chi connectivity index (χ3n) is 2.93. The number of amides is 1. The quantitative estimate of drug-likeness (QED) is 0.657. The molecule has 1 aromatic heterocycles. The summed E-state index contributed by atoms with van der Waals surface area (Å²) in [5, 5.41) is 19.3. The van der Waals surface area contributed by atoms with E-state index >= 15 is 0 Å². The van der Waals surface area contributed by atoms with E-state index in [2.05, 4.69) is 4.98 Å². The largest absolute Gasteiger partial charge is 0.474 e. The molecule has 0 saturated carbocycles. The van der Waals surface area contributed by atoms with Crippen molar-refractivity contribution >= 4 is 11.8 Å². The standard InChI is InChI=1S/C11H13N3O5/c15-11(16)13-5-3-9(4-6-13)19-10-2-1-8(7-12-10)14(17)18/h1-2,7,9H,3-6H2,(H,15,16). The molecule has 0 unspecified atom stereocenters. The van der Waals surface area contributed by atoms with Crippen LogP contribution in [0.2, 0.25) is 0 Å². The number of ether oxygens (including phenoxy) is 1. The number of pyridine rings is 1. The van der Waals surface area contributed by atoms with E-state index in [1.165, 1.54) is 17.0 Å². The molecule has 0 bridgehead atoms. The molecule has 1 aliphatic heterocycles. The van der Waals surface area contributed by atoms with Gasteiger partial charge in [0, 0.05) is 38.1 Å². The Kier molecular flexibility index (Phi) is 3.79. The van der Waals surface area contributed by atoms with Gasteiger partial charge in [0.1, 0.15) is 12.3 Å². The van der Waals surface area contributed by atoms with Crippen LogP contribution in [0.25, 0.3) is 0 Å². The average Bonchev–Trinajstić information content (AvgIpc) is 2.40. The van der Waals surface area contributed by atoms with Gasteiger partial charge in [0.05, 0.1) is 4.92 Å². The van der Waals surface area contributed by atoms with E-state index in [1.54, 1.807) is 0 Å². The van der Waals surface area contributed by atoms with Crippen molar-refractivity contribution in [3.8, 4) is 5.88 Å². The fourth-order valence-electron chi connectivity index (χ4n) is 1.89. The first-order chi connectivity index (χ1) is 9.06. The number of nitrogens with zero attached hydrogens (tertiary/aromatic N) is 3. The van der Waals surface area contributed by atoms with Gasteiger partial charge in [-0.05, 0) is 0 Å². The highest BCUT2D eigenvalue weighted by Crippen LogP contribution is 2.19. The van der Waals surface area contributed by atoms with Crippen LogP contribution in [0.15, 0.2) is 18.3 Å². The third kappa shape index (κ3) is 3.30. The van der Waals surface area contributed by atoms with Gasteiger partial charge in [-0.3, -0.25) is 10.1 Å². The fraction of sp³-hybridized carbons (Fsp3) is 0.455. The Morgan fingerprint density at radius 3 is 2.63 bits per heavy atom. The van der Waals surface area contributed by atoms with Gasteiger partial charge in [-0.25, -0.2) is 9.78 Å². The second kappa shape index (κ2) is 5.51. The van der Waals surface area contributed by atoms with E-state index in [4.69, 9.17) is 9.84 Å². The average molecular weight is 267 g/mol. The van der Waals surface area contributed by atoms with Gasteiger partial charge in [-0.2, -0.15) is 0 Å². The summed E-state index contributed by atoms with van der Waals surface area (Å²) in [6.45, 7) is 0.847. The second-order valence-electron chi connectivity index (χ2n) is 4.20. The first kappa shape index (κ1) is 13.1. The lowest BCUT2D eigenvalue weighted by Crippen LogP contribution is -2.41. The van der Waals surface area contributed by atoms with Crippen LogP contribution in [0.5, 0.6) is 5.88 Å². The molecular weight excluding hydrogens is 254 g/mol. The van der Waals surface area contributed by atoms with E-state index < -0.39 is 11.0 Å². The summed E-state index contributed by atoms with van der Waals surface area (Å²) < 4.78 is 5.56. The fourth-order valence-corrected chi connectivity index (χ4v) is 1.89. The molecule has 102 valence electrons. The van der Waals surface area contributed by atoms with Crippen molar-refractivity contribution in [2.45, 2.75) is 18.9 Å². The van der Waals surface area contributed by atoms with Gasteiger partial charge < -0.3 is 14.7 Å². The molecule has 0 aromatic carbocycles. The molecule has 8 nitrogen and oxygen atoms in total. The van der Waals surface area contributed by atoms with Crippen LogP contribution < -0.4 is 4.74 Å². The number of rotatable bonds is 3. The van der Waals surface area contributed by atoms with Crippen LogP contribution in [0.4, 0.5) is 10.5 Å². The van der Waals surface area contributed by atoms with E-state index in [0.717, 1.165) is 6.20 Å². The van der Waals surface area contributed by atoms with Crippen molar-refractivity contribution in [3.63, 3.8) is 0 Å². The van der Waals surface area contributed by atoms with Crippen molar-refractivity contribution in [3.05, 3.63) is 28.4 Å². The molecule has 8 heteroatoms. The van der Waals surface area contributed by atoms with Crippen LogP contribution in [-0.4, -0.2) is 45.2 Å². The molecular formula is C11H13N3O5. The zero-order chi connectivity index (χ0) is 13.8. The number of hydrogen-bond acceptors (Lipinski definition) is 5. The van der Waals surface area contributed by atoms with Crippen LogP contribution in [0.1, 0.15) is 12.8 Å².